The van der Waals surface area contributed by atoms with Crippen LogP contribution in [0.3, 0.4) is 0 Å². The van der Waals surface area contributed by atoms with Crippen molar-refractivity contribution in [2.75, 3.05) is 16.6 Å². The molecule has 2 N–H and O–H groups in total. The summed E-state index contributed by atoms with van der Waals surface area (Å²) in [5, 5.41) is 0. The van der Waals surface area contributed by atoms with Crippen molar-refractivity contribution in [1.82, 2.24) is 0 Å². The molecule has 2 aromatic rings. The zero-order valence-electron chi connectivity index (χ0n) is 11.0. The maximum Gasteiger partial charge on any atom is 0.264 e. The maximum atomic E-state index is 12.9. The molecule has 0 amide bonds. The van der Waals surface area contributed by atoms with Crippen LogP contribution in [-0.2, 0) is 10.0 Å². The van der Waals surface area contributed by atoms with E-state index in [0.29, 0.717) is 11.4 Å². The van der Waals surface area contributed by atoms with Gasteiger partial charge in [-0.05, 0) is 55.5 Å². The molecule has 0 unspecified atom stereocenters. The highest BCUT2D eigenvalue weighted by Gasteiger charge is 2.23. The minimum absolute atomic E-state index is 0.151. The Morgan fingerprint density at radius 3 is 2.10 bits per heavy atom. The maximum absolute atomic E-state index is 12.9. The number of halogens is 1. The number of sulfonamides is 1. The Balaban J connectivity index is 2.44. The lowest BCUT2D eigenvalue weighted by Crippen LogP contribution is -2.30. The van der Waals surface area contributed by atoms with Crippen molar-refractivity contribution in [3.63, 3.8) is 0 Å². The molecular weight excluding hydrogens is 279 g/mol. The van der Waals surface area contributed by atoms with Crippen LogP contribution in [0.15, 0.2) is 53.4 Å². The zero-order chi connectivity index (χ0) is 14.8. The molecule has 0 aliphatic carbocycles. The number of anilines is 2. The summed E-state index contributed by atoms with van der Waals surface area (Å²) in [5.41, 5.74) is 6.47. The summed E-state index contributed by atoms with van der Waals surface area (Å²) in [6.07, 6.45) is 0. The van der Waals surface area contributed by atoms with Gasteiger partial charge in [0.15, 0.2) is 0 Å². The molecule has 0 radical (unpaired) electrons. The van der Waals surface area contributed by atoms with E-state index in [1.165, 1.54) is 52.8 Å². The third-order valence-electron chi connectivity index (χ3n) is 2.87. The van der Waals surface area contributed by atoms with Gasteiger partial charge in [0, 0.05) is 12.2 Å². The smallest absolute Gasteiger partial charge is 0.264 e. The fourth-order valence-electron chi connectivity index (χ4n) is 1.87. The van der Waals surface area contributed by atoms with Gasteiger partial charge in [0.25, 0.3) is 10.0 Å². The summed E-state index contributed by atoms with van der Waals surface area (Å²) in [6.45, 7) is 1.97. The van der Waals surface area contributed by atoms with Gasteiger partial charge in [-0.1, -0.05) is 0 Å². The summed E-state index contributed by atoms with van der Waals surface area (Å²) in [4.78, 5) is 0.151. The molecule has 0 aliphatic heterocycles. The van der Waals surface area contributed by atoms with Crippen LogP contribution in [0, 0.1) is 5.82 Å². The average Bonchev–Trinajstić information content (AvgIpc) is 2.42. The highest BCUT2D eigenvalue weighted by molar-refractivity contribution is 7.92. The molecule has 0 fully saturated rings. The summed E-state index contributed by atoms with van der Waals surface area (Å²) in [7, 11) is -3.68. The third-order valence-corrected chi connectivity index (χ3v) is 4.79. The molecule has 0 aliphatic rings. The quantitative estimate of drug-likeness (QED) is 0.882. The fourth-order valence-corrected chi connectivity index (χ4v) is 3.34. The Bertz CT molecular complexity index is 682. The van der Waals surface area contributed by atoms with E-state index in [1.54, 1.807) is 6.92 Å². The second-order valence-electron chi connectivity index (χ2n) is 4.22. The van der Waals surface area contributed by atoms with Crippen LogP contribution in [0.5, 0.6) is 0 Å². The molecule has 6 heteroatoms. The zero-order valence-corrected chi connectivity index (χ0v) is 11.8. The standard InChI is InChI=1S/C14H15FN2O2S/c1-2-17(13-7-3-11(15)4-8-13)20(18,19)14-9-5-12(16)6-10-14/h3-10H,2,16H2,1H3. The minimum Gasteiger partial charge on any atom is -0.399 e. The molecule has 0 bridgehead atoms. The summed E-state index contributed by atoms with van der Waals surface area (Å²) < 4.78 is 39.3. The van der Waals surface area contributed by atoms with Gasteiger partial charge in [0.05, 0.1) is 10.6 Å². The van der Waals surface area contributed by atoms with Crippen LogP contribution >= 0.6 is 0 Å². The Labute approximate surface area is 117 Å². The highest BCUT2D eigenvalue weighted by atomic mass is 32.2. The molecule has 0 atom stereocenters. The van der Waals surface area contributed by atoms with Crippen molar-refractivity contribution in [2.45, 2.75) is 11.8 Å². The van der Waals surface area contributed by atoms with E-state index in [0.717, 1.165) is 0 Å². The predicted octanol–water partition coefficient (Wildman–Crippen LogP) is 2.62. The van der Waals surface area contributed by atoms with Gasteiger partial charge in [-0.2, -0.15) is 0 Å². The van der Waals surface area contributed by atoms with Gasteiger partial charge < -0.3 is 5.73 Å². The molecular formula is C14H15FN2O2S. The first-order chi connectivity index (χ1) is 9.45. The topological polar surface area (TPSA) is 63.4 Å². The predicted molar refractivity (Wildman–Crippen MR) is 77.5 cm³/mol. The summed E-state index contributed by atoms with van der Waals surface area (Å²) in [6, 6.07) is 11.3. The molecule has 0 aromatic heterocycles. The summed E-state index contributed by atoms with van der Waals surface area (Å²) >= 11 is 0. The Morgan fingerprint density at radius 1 is 1.05 bits per heavy atom. The number of hydrogen-bond acceptors (Lipinski definition) is 3. The van der Waals surface area contributed by atoms with Gasteiger partial charge >= 0.3 is 0 Å². The largest absolute Gasteiger partial charge is 0.399 e. The number of benzene rings is 2. The van der Waals surface area contributed by atoms with E-state index < -0.39 is 15.8 Å². The first-order valence-corrected chi connectivity index (χ1v) is 7.53. The number of nitrogen functional groups attached to an aromatic ring is 1. The molecule has 4 nitrogen and oxygen atoms in total. The van der Waals surface area contributed by atoms with Crippen LogP contribution in [0.2, 0.25) is 0 Å². The van der Waals surface area contributed by atoms with Gasteiger partial charge in [0.1, 0.15) is 5.82 Å². The van der Waals surface area contributed by atoms with Gasteiger partial charge in [-0.15, -0.1) is 0 Å². The summed E-state index contributed by atoms with van der Waals surface area (Å²) in [5.74, 6) is -0.408. The van der Waals surface area contributed by atoms with Crippen LogP contribution in [0.1, 0.15) is 6.92 Å². The van der Waals surface area contributed by atoms with E-state index >= 15 is 0 Å². The van der Waals surface area contributed by atoms with Crippen LogP contribution in [-0.4, -0.2) is 15.0 Å². The Hall–Kier alpha value is -2.08. The first kappa shape index (κ1) is 14.3. The van der Waals surface area contributed by atoms with Crippen molar-refractivity contribution in [2.24, 2.45) is 0 Å². The van der Waals surface area contributed by atoms with E-state index in [1.807, 2.05) is 0 Å². The van der Waals surface area contributed by atoms with E-state index in [2.05, 4.69) is 0 Å². The second-order valence-corrected chi connectivity index (χ2v) is 6.08. The molecule has 0 heterocycles. The number of rotatable bonds is 4. The van der Waals surface area contributed by atoms with Crippen LogP contribution < -0.4 is 10.0 Å². The molecule has 2 aromatic carbocycles. The van der Waals surface area contributed by atoms with Crippen molar-refractivity contribution < 1.29 is 12.8 Å². The van der Waals surface area contributed by atoms with E-state index in [4.69, 9.17) is 5.73 Å². The van der Waals surface area contributed by atoms with Gasteiger partial charge in [-0.25, -0.2) is 12.8 Å². The van der Waals surface area contributed by atoms with Crippen LogP contribution in [0.25, 0.3) is 0 Å². The number of hydrogen-bond donors (Lipinski definition) is 1. The van der Waals surface area contributed by atoms with Crippen LogP contribution in [0.4, 0.5) is 15.8 Å². The number of nitrogens with two attached hydrogens (primary N) is 1. The van der Waals surface area contributed by atoms with Crippen molar-refractivity contribution in [3.8, 4) is 0 Å². The highest BCUT2D eigenvalue weighted by Crippen LogP contribution is 2.24. The fraction of sp³-hybridized carbons (Fsp3) is 0.143. The third kappa shape index (κ3) is 2.75. The monoisotopic (exact) mass is 294 g/mol. The molecule has 0 saturated heterocycles. The Morgan fingerprint density at radius 2 is 1.60 bits per heavy atom. The molecule has 0 spiro atoms. The molecule has 106 valence electrons. The van der Waals surface area contributed by atoms with Crippen molar-refractivity contribution >= 4 is 21.4 Å². The SMILES string of the molecule is CCN(c1ccc(F)cc1)S(=O)(=O)c1ccc(N)cc1. The minimum atomic E-state index is -3.68. The molecule has 0 saturated carbocycles. The van der Waals surface area contributed by atoms with Crippen molar-refractivity contribution in [3.05, 3.63) is 54.3 Å². The molecule has 20 heavy (non-hydrogen) atoms. The normalized spacial score (nSPS) is 11.3. The van der Waals surface area contributed by atoms with E-state index in [-0.39, 0.29) is 11.4 Å². The van der Waals surface area contributed by atoms with Crippen molar-refractivity contribution in [1.29, 1.82) is 0 Å². The lowest BCUT2D eigenvalue weighted by molar-refractivity contribution is 0.591. The molecule has 2 rings (SSSR count). The van der Waals surface area contributed by atoms with Gasteiger partial charge in [-0.3, -0.25) is 4.31 Å². The second kappa shape index (κ2) is 5.50. The first-order valence-electron chi connectivity index (χ1n) is 6.09. The average molecular weight is 294 g/mol. The lowest BCUT2D eigenvalue weighted by Gasteiger charge is -2.23. The van der Waals surface area contributed by atoms with Gasteiger partial charge in [0.2, 0.25) is 0 Å². The number of nitrogens with zero attached hydrogens (tertiary/aromatic N) is 1. The lowest BCUT2D eigenvalue weighted by atomic mass is 10.3. The van der Waals surface area contributed by atoms with E-state index in [9.17, 15) is 12.8 Å². The Kier molecular flexibility index (Phi) is 3.94.